The van der Waals surface area contributed by atoms with Gasteiger partial charge in [0.25, 0.3) is 5.91 Å². The van der Waals surface area contributed by atoms with Crippen LogP contribution in [0.2, 0.25) is 5.02 Å². The Hall–Kier alpha value is -1.79. The van der Waals surface area contributed by atoms with E-state index in [1.807, 2.05) is 34.6 Å². The Bertz CT molecular complexity index is 594. The van der Waals surface area contributed by atoms with E-state index in [1.165, 1.54) is 6.07 Å². The van der Waals surface area contributed by atoms with Crippen LogP contribution < -0.4 is 21.7 Å². The molecule has 3 amide bonds. The average Bonchev–Trinajstić information content (AvgIpc) is 2.38. The van der Waals surface area contributed by atoms with E-state index in [4.69, 9.17) is 17.3 Å². The van der Waals surface area contributed by atoms with Crippen molar-refractivity contribution >= 4 is 29.2 Å². The lowest BCUT2D eigenvalue weighted by Gasteiger charge is -2.24. The van der Waals surface area contributed by atoms with Gasteiger partial charge in [0.1, 0.15) is 0 Å². The van der Waals surface area contributed by atoms with Gasteiger partial charge in [0.2, 0.25) is 0 Å². The number of nitrogens with two attached hydrogens (primary N) is 1. The second-order valence-corrected chi connectivity index (χ2v) is 7.47. The van der Waals surface area contributed by atoms with Crippen LogP contribution in [0.4, 0.5) is 10.5 Å². The summed E-state index contributed by atoms with van der Waals surface area (Å²) in [7, 11) is 0. The maximum absolute atomic E-state index is 12.3. The van der Waals surface area contributed by atoms with Gasteiger partial charge in [-0.3, -0.25) is 4.79 Å². The molecule has 1 rings (SSSR count). The molecule has 5 N–H and O–H groups in total. The topological polar surface area (TPSA) is 96.2 Å². The van der Waals surface area contributed by atoms with Crippen molar-refractivity contribution in [1.29, 1.82) is 0 Å². The van der Waals surface area contributed by atoms with Crippen molar-refractivity contribution < 1.29 is 9.59 Å². The number of hydrogen-bond acceptors (Lipinski definition) is 3. The summed E-state index contributed by atoms with van der Waals surface area (Å²) >= 11 is 6.09. The minimum atomic E-state index is -0.548. The fourth-order valence-electron chi connectivity index (χ4n) is 1.71. The molecule has 23 heavy (non-hydrogen) atoms. The first kappa shape index (κ1) is 19.3. The van der Waals surface area contributed by atoms with Crippen molar-refractivity contribution in [3.05, 3.63) is 28.8 Å². The first-order valence-corrected chi connectivity index (χ1v) is 7.73. The number of benzene rings is 1. The average molecular weight is 341 g/mol. The standard InChI is InChI=1S/C16H25ClN4O2/c1-15(2,3)21-14(23)19-10-6-7-12(17)11(8-10)13(22)20-16(4,5)9-18/h6-8H,9,18H2,1-5H3,(H,20,22)(H2,19,21,23). The molecular weight excluding hydrogens is 316 g/mol. The second-order valence-electron chi connectivity index (χ2n) is 7.07. The quantitative estimate of drug-likeness (QED) is 0.678. The molecule has 0 unspecified atom stereocenters. The molecular formula is C16H25ClN4O2. The lowest BCUT2D eigenvalue weighted by molar-refractivity contribution is 0.0916. The van der Waals surface area contributed by atoms with Gasteiger partial charge in [-0.2, -0.15) is 0 Å². The van der Waals surface area contributed by atoms with Gasteiger partial charge in [-0.15, -0.1) is 0 Å². The van der Waals surface area contributed by atoms with Gasteiger partial charge in [-0.1, -0.05) is 11.6 Å². The van der Waals surface area contributed by atoms with Crippen LogP contribution in [0.3, 0.4) is 0 Å². The fraction of sp³-hybridized carbons (Fsp3) is 0.500. The van der Waals surface area contributed by atoms with Crippen LogP contribution >= 0.6 is 11.6 Å². The second kappa shape index (κ2) is 7.19. The number of anilines is 1. The third-order valence-electron chi connectivity index (χ3n) is 2.92. The molecule has 0 fully saturated rings. The van der Waals surface area contributed by atoms with Crippen molar-refractivity contribution in [3.63, 3.8) is 0 Å². The lowest BCUT2D eigenvalue weighted by atomic mass is 10.0. The number of amides is 3. The van der Waals surface area contributed by atoms with Crippen molar-refractivity contribution in [3.8, 4) is 0 Å². The predicted octanol–water partition coefficient (Wildman–Crippen LogP) is 2.73. The van der Waals surface area contributed by atoms with E-state index in [0.717, 1.165) is 0 Å². The molecule has 0 spiro atoms. The van der Waals surface area contributed by atoms with Gasteiger partial charge in [0.05, 0.1) is 10.6 Å². The maximum atomic E-state index is 12.3. The minimum Gasteiger partial charge on any atom is -0.346 e. The van der Waals surface area contributed by atoms with Crippen molar-refractivity contribution in [1.82, 2.24) is 10.6 Å². The van der Waals surface area contributed by atoms with E-state index in [1.54, 1.807) is 12.1 Å². The van der Waals surface area contributed by atoms with E-state index in [0.29, 0.717) is 17.3 Å². The van der Waals surface area contributed by atoms with Crippen LogP contribution in [0.25, 0.3) is 0 Å². The third kappa shape index (κ3) is 6.46. The van der Waals surface area contributed by atoms with Gasteiger partial charge < -0.3 is 21.7 Å². The minimum absolute atomic E-state index is 0.279. The molecule has 0 saturated heterocycles. The number of carbonyl (C=O) groups is 2. The number of rotatable bonds is 4. The summed E-state index contributed by atoms with van der Waals surface area (Å²) in [5.41, 5.74) is 5.46. The Morgan fingerprint density at radius 3 is 2.26 bits per heavy atom. The highest BCUT2D eigenvalue weighted by Crippen LogP contribution is 2.21. The highest BCUT2D eigenvalue weighted by molar-refractivity contribution is 6.34. The van der Waals surface area contributed by atoms with E-state index >= 15 is 0 Å². The zero-order valence-corrected chi connectivity index (χ0v) is 15.0. The molecule has 0 heterocycles. The molecule has 7 heteroatoms. The molecule has 1 aromatic rings. The smallest absolute Gasteiger partial charge is 0.319 e. The first-order chi connectivity index (χ1) is 10.4. The first-order valence-electron chi connectivity index (χ1n) is 7.35. The summed E-state index contributed by atoms with van der Waals surface area (Å²) < 4.78 is 0. The molecule has 6 nitrogen and oxygen atoms in total. The largest absolute Gasteiger partial charge is 0.346 e. The number of nitrogens with one attached hydrogen (secondary N) is 3. The Morgan fingerprint density at radius 2 is 1.74 bits per heavy atom. The Kier molecular flexibility index (Phi) is 6.02. The molecule has 0 aromatic heterocycles. The summed E-state index contributed by atoms with van der Waals surface area (Å²) in [5.74, 6) is -0.342. The van der Waals surface area contributed by atoms with Crippen LogP contribution in [0.15, 0.2) is 18.2 Å². The van der Waals surface area contributed by atoms with Crippen molar-refractivity contribution in [2.75, 3.05) is 11.9 Å². The van der Waals surface area contributed by atoms with Crippen LogP contribution in [-0.4, -0.2) is 29.6 Å². The Morgan fingerprint density at radius 1 is 1.13 bits per heavy atom. The molecule has 0 aliphatic carbocycles. The summed E-state index contributed by atoms with van der Waals surface area (Å²) in [5, 5.41) is 8.57. The van der Waals surface area contributed by atoms with Gasteiger partial charge in [-0.05, 0) is 52.8 Å². The molecule has 0 atom stereocenters. The number of carbonyl (C=O) groups excluding carboxylic acids is 2. The van der Waals surface area contributed by atoms with E-state index in [-0.39, 0.29) is 23.0 Å². The summed E-state index contributed by atoms with van der Waals surface area (Å²) in [6.07, 6.45) is 0. The lowest BCUT2D eigenvalue weighted by Crippen LogP contribution is -2.48. The molecule has 0 aliphatic rings. The molecule has 128 valence electrons. The van der Waals surface area contributed by atoms with Crippen LogP contribution in [0.5, 0.6) is 0 Å². The molecule has 0 saturated carbocycles. The van der Waals surface area contributed by atoms with E-state index in [2.05, 4.69) is 16.0 Å². The zero-order valence-electron chi connectivity index (χ0n) is 14.2. The third-order valence-corrected chi connectivity index (χ3v) is 3.25. The van der Waals surface area contributed by atoms with Gasteiger partial charge in [-0.25, -0.2) is 4.79 Å². The summed E-state index contributed by atoms with van der Waals surface area (Å²) in [4.78, 5) is 24.2. The molecule has 1 aromatic carbocycles. The molecule has 0 radical (unpaired) electrons. The predicted molar refractivity (Wildman–Crippen MR) is 94.0 cm³/mol. The molecule has 0 bridgehead atoms. The number of hydrogen-bond donors (Lipinski definition) is 4. The SMILES string of the molecule is CC(C)(C)NC(=O)Nc1ccc(Cl)c(C(=O)NC(C)(C)CN)c1. The van der Waals surface area contributed by atoms with Crippen molar-refractivity contribution in [2.24, 2.45) is 5.73 Å². The van der Waals surface area contributed by atoms with Gasteiger partial charge in [0.15, 0.2) is 0 Å². The summed E-state index contributed by atoms with van der Waals surface area (Å²) in [6.45, 7) is 9.56. The number of urea groups is 1. The van der Waals surface area contributed by atoms with Gasteiger partial charge in [0, 0.05) is 23.3 Å². The highest BCUT2D eigenvalue weighted by Gasteiger charge is 2.21. The normalized spacial score (nSPS) is 11.8. The summed E-state index contributed by atoms with van der Waals surface area (Å²) in [6, 6.07) is 4.38. The molecule has 0 aliphatic heterocycles. The Balaban J connectivity index is 2.91. The van der Waals surface area contributed by atoms with E-state index < -0.39 is 5.54 Å². The van der Waals surface area contributed by atoms with Crippen LogP contribution in [0.1, 0.15) is 45.0 Å². The van der Waals surface area contributed by atoms with E-state index in [9.17, 15) is 9.59 Å². The fourth-order valence-corrected chi connectivity index (χ4v) is 1.91. The van der Waals surface area contributed by atoms with Crippen molar-refractivity contribution in [2.45, 2.75) is 45.7 Å². The van der Waals surface area contributed by atoms with Crippen LogP contribution in [-0.2, 0) is 0 Å². The van der Waals surface area contributed by atoms with Gasteiger partial charge >= 0.3 is 6.03 Å². The highest BCUT2D eigenvalue weighted by atomic mass is 35.5. The monoisotopic (exact) mass is 340 g/mol. The maximum Gasteiger partial charge on any atom is 0.319 e. The zero-order chi connectivity index (χ0) is 17.8. The van der Waals surface area contributed by atoms with Crippen LogP contribution in [0, 0.1) is 0 Å². The number of halogens is 1. The Labute approximate surface area is 142 Å².